The van der Waals surface area contributed by atoms with Gasteiger partial charge in [-0.3, -0.25) is 4.79 Å². The second-order valence-corrected chi connectivity index (χ2v) is 4.75. The first kappa shape index (κ1) is 17.2. The number of rotatable bonds is 5. The van der Waals surface area contributed by atoms with Crippen molar-refractivity contribution in [3.05, 3.63) is 30.1 Å². The fraction of sp³-hybridized carbons (Fsp3) is 0.417. The number of carbonyl (C=O) groups excluding carboxylic acids is 1. The summed E-state index contributed by atoms with van der Waals surface area (Å²) in [5.74, 6) is 0.386. The third-order valence-electron chi connectivity index (χ3n) is 2.49. The van der Waals surface area contributed by atoms with E-state index in [4.69, 9.17) is 5.73 Å². The molecule has 0 unspecified atom stereocenters. The van der Waals surface area contributed by atoms with Crippen molar-refractivity contribution in [2.24, 2.45) is 5.73 Å². The average Bonchev–Trinajstić information content (AvgIpc) is 2.35. The first-order valence-electron chi connectivity index (χ1n) is 5.34. The molecule has 0 aromatic heterocycles. The predicted octanol–water partition coefficient (Wildman–Crippen LogP) is 2.29. The zero-order valence-corrected chi connectivity index (χ0v) is 12.1. The van der Waals surface area contributed by atoms with Gasteiger partial charge in [-0.15, -0.1) is 12.4 Å². The summed E-state index contributed by atoms with van der Waals surface area (Å²) in [5.41, 5.74) is 6.44. The van der Waals surface area contributed by atoms with E-state index >= 15 is 0 Å². The maximum absolute atomic E-state index is 12.7. The first-order chi connectivity index (χ1) is 8.06. The van der Waals surface area contributed by atoms with E-state index in [9.17, 15) is 9.18 Å². The molecule has 0 saturated carbocycles. The molecule has 1 amide bonds. The van der Waals surface area contributed by atoms with Crippen LogP contribution in [0.4, 0.5) is 10.1 Å². The largest absolute Gasteiger partial charge is 0.320 e. The molecular formula is C12H18ClFN2OS. The molecule has 1 aromatic carbocycles. The molecule has 18 heavy (non-hydrogen) atoms. The lowest BCUT2D eigenvalue weighted by Crippen LogP contribution is -2.42. The van der Waals surface area contributed by atoms with E-state index in [0.717, 1.165) is 5.75 Å². The minimum atomic E-state index is -0.502. The third-order valence-corrected chi connectivity index (χ3v) is 3.14. The van der Waals surface area contributed by atoms with Gasteiger partial charge in [-0.2, -0.15) is 11.8 Å². The van der Waals surface area contributed by atoms with Gasteiger partial charge in [0.25, 0.3) is 0 Å². The van der Waals surface area contributed by atoms with Gasteiger partial charge in [0.2, 0.25) is 5.91 Å². The van der Waals surface area contributed by atoms with Crippen LogP contribution in [0.15, 0.2) is 24.3 Å². The van der Waals surface area contributed by atoms with Gasteiger partial charge in [-0.05, 0) is 42.7 Å². The van der Waals surface area contributed by atoms with E-state index < -0.39 is 6.04 Å². The Morgan fingerprint density at radius 3 is 2.50 bits per heavy atom. The highest BCUT2D eigenvalue weighted by molar-refractivity contribution is 7.98. The molecule has 0 spiro atoms. The van der Waals surface area contributed by atoms with Gasteiger partial charge in [-0.1, -0.05) is 0 Å². The number of benzene rings is 1. The van der Waals surface area contributed by atoms with Crippen LogP contribution in [0.1, 0.15) is 6.42 Å². The summed E-state index contributed by atoms with van der Waals surface area (Å²) in [6.07, 6.45) is 2.62. The summed E-state index contributed by atoms with van der Waals surface area (Å²) in [5, 5.41) is 0. The maximum Gasteiger partial charge on any atom is 0.243 e. The molecule has 0 radical (unpaired) electrons. The van der Waals surface area contributed by atoms with Gasteiger partial charge in [0.15, 0.2) is 0 Å². The second-order valence-electron chi connectivity index (χ2n) is 3.76. The molecule has 1 atom stereocenters. The SMILES string of the molecule is CSCC[C@H](N)C(=O)N(C)c1ccc(F)cc1.Cl. The number of amides is 1. The molecule has 0 aliphatic heterocycles. The number of hydrogen-bond acceptors (Lipinski definition) is 3. The first-order valence-corrected chi connectivity index (χ1v) is 6.73. The van der Waals surface area contributed by atoms with Crippen molar-refractivity contribution in [1.29, 1.82) is 0 Å². The lowest BCUT2D eigenvalue weighted by atomic mass is 10.2. The van der Waals surface area contributed by atoms with E-state index in [-0.39, 0.29) is 24.1 Å². The van der Waals surface area contributed by atoms with Crippen molar-refractivity contribution in [3.8, 4) is 0 Å². The predicted molar refractivity (Wildman–Crippen MR) is 78.0 cm³/mol. The Balaban J connectivity index is 0.00000289. The van der Waals surface area contributed by atoms with Crippen LogP contribution >= 0.6 is 24.2 Å². The smallest absolute Gasteiger partial charge is 0.243 e. The highest BCUT2D eigenvalue weighted by Gasteiger charge is 2.18. The molecular weight excluding hydrogens is 275 g/mol. The Morgan fingerprint density at radius 1 is 1.44 bits per heavy atom. The van der Waals surface area contributed by atoms with Gasteiger partial charge in [0.05, 0.1) is 6.04 Å². The number of thioether (sulfide) groups is 1. The van der Waals surface area contributed by atoms with Gasteiger partial charge in [0.1, 0.15) is 5.82 Å². The molecule has 0 bridgehead atoms. The molecule has 0 saturated heterocycles. The summed E-state index contributed by atoms with van der Waals surface area (Å²) >= 11 is 1.66. The van der Waals surface area contributed by atoms with Gasteiger partial charge in [-0.25, -0.2) is 4.39 Å². The molecule has 0 aliphatic rings. The van der Waals surface area contributed by atoms with Crippen molar-refractivity contribution < 1.29 is 9.18 Å². The Hall–Kier alpha value is -0.780. The fourth-order valence-electron chi connectivity index (χ4n) is 1.41. The Kier molecular flexibility index (Phi) is 7.98. The second kappa shape index (κ2) is 8.34. The van der Waals surface area contributed by atoms with Crippen LogP contribution in [0.3, 0.4) is 0 Å². The van der Waals surface area contributed by atoms with Crippen molar-refractivity contribution in [2.75, 3.05) is 24.0 Å². The minimum absolute atomic E-state index is 0. The molecule has 102 valence electrons. The van der Waals surface area contributed by atoms with E-state index in [1.807, 2.05) is 6.26 Å². The lowest BCUT2D eigenvalue weighted by Gasteiger charge is -2.21. The number of halogens is 2. The minimum Gasteiger partial charge on any atom is -0.320 e. The normalized spacial score (nSPS) is 11.6. The zero-order chi connectivity index (χ0) is 12.8. The summed E-state index contributed by atoms with van der Waals surface area (Å²) in [6, 6.07) is 5.28. The van der Waals surface area contributed by atoms with Crippen LogP contribution in [-0.2, 0) is 4.79 Å². The van der Waals surface area contributed by atoms with Crippen molar-refractivity contribution in [2.45, 2.75) is 12.5 Å². The van der Waals surface area contributed by atoms with Crippen molar-refractivity contribution in [1.82, 2.24) is 0 Å². The molecule has 1 aromatic rings. The van der Waals surface area contributed by atoms with Gasteiger partial charge >= 0.3 is 0 Å². The average molecular weight is 293 g/mol. The molecule has 3 nitrogen and oxygen atoms in total. The number of nitrogens with two attached hydrogens (primary N) is 1. The van der Waals surface area contributed by atoms with Crippen LogP contribution in [0.2, 0.25) is 0 Å². The van der Waals surface area contributed by atoms with Crippen LogP contribution in [0, 0.1) is 5.82 Å². The molecule has 2 N–H and O–H groups in total. The number of nitrogens with zero attached hydrogens (tertiary/aromatic N) is 1. The van der Waals surface area contributed by atoms with Crippen molar-refractivity contribution in [3.63, 3.8) is 0 Å². The van der Waals surface area contributed by atoms with E-state index in [2.05, 4.69) is 0 Å². The van der Waals surface area contributed by atoms with Crippen molar-refractivity contribution >= 4 is 35.8 Å². The quantitative estimate of drug-likeness (QED) is 0.906. The summed E-state index contributed by atoms with van der Waals surface area (Å²) in [7, 11) is 1.65. The molecule has 6 heteroatoms. The zero-order valence-electron chi connectivity index (χ0n) is 10.4. The van der Waals surface area contributed by atoms with Crippen LogP contribution in [0.25, 0.3) is 0 Å². The molecule has 0 aliphatic carbocycles. The number of hydrogen-bond donors (Lipinski definition) is 1. The summed E-state index contributed by atoms with van der Waals surface area (Å²) < 4.78 is 12.7. The van der Waals surface area contributed by atoms with E-state index in [1.165, 1.54) is 17.0 Å². The highest BCUT2D eigenvalue weighted by Crippen LogP contribution is 2.14. The van der Waals surface area contributed by atoms with Gasteiger partial charge < -0.3 is 10.6 Å². The molecule has 0 fully saturated rings. The number of likely N-dealkylation sites (N-methyl/N-ethyl adjacent to an activating group) is 1. The topological polar surface area (TPSA) is 46.3 Å². The maximum atomic E-state index is 12.7. The Bertz CT molecular complexity index is 375. The summed E-state index contributed by atoms with van der Waals surface area (Å²) in [6.45, 7) is 0. The van der Waals surface area contributed by atoms with E-state index in [0.29, 0.717) is 12.1 Å². The standard InChI is InChI=1S/C12H17FN2OS.ClH/c1-15(10-5-3-9(13)4-6-10)12(16)11(14)7-8-17-2;/h3-6,11H,7-8,14H2,1-2H3;1H/t11-;/m0./s1. The van der Waals surface area contributed by atoms with Crippen LogP contribution in [0.5, 0.6) is 0 Å². The fourth-order valence-corrected chi connectivity index (χ4v) is 1.90. The molecule has 0 heterocycles. The lowest BCUT2D eigenvalue weighted by molar-refractivity contribution is -0.119. The Morgan fingerprint density at radius 2 is 2.00 bits per heavy atom. The van der Waals surface area contributed by atoms with Crippen LogP contribution < -0.4 is 10.6 Å². The Labute approximate surface area is 117 Å². The number of carbonyl (C=O) groups is 1. The monoisotopic (exact) mass is 292 g/mol. The summed E-state index contributed by atoms with van der Waals surface area (Å²) in [4.78, 5) is 13.4. The van der Waals surface area contributed by atoms with Gasteiger partial charge in [0, 0.05) is 12.7 Å². The molecule has 1 rings (SSSR count). The highest BCUT2D eigenvalue weighted by atomic mass is 35.5. The van der Waals surface area contributed by atoms with E-state index in [1.54, 1.807) is 30.9 Å². The van der Waals surface area contributed by atoms with Crippen LogP contribution in [-0.4, -0.2) is 31.0 Å². The number of anilines is 1. The third kappa shape index (κ3) is 4.84.